The van der Waals surface area contributed by atoms with Gasteiger partial charge in [-0.05, 0) is 70.0 Å². The van der Waals surface area contributed by atoms with Crippen LogP contribution in [0.5, 0.6) is 0 Å². The zero-order chi connectivity index (χ0) is 16.8. The number of amides is 1. The lowest BCUT2D eigenvalue weighted by atomic mass is 9.83. The summed E-state index contributed by atoms with van der Waals surface area (Å²) in [5.41, 5.74) is 1.63. The lowest BCUT2D eigenvalue weighted by Gasteiger charge is -2.42. The van der Waals surface area contributed by atoms with Crippen molar-refractivity contribution in [3.05, 3.63) is 52.2 Å². The van der Waals surface area contributed by atoms with Crippen molar-refractivity contribution < 1.29 is 9.18 Å². The van der Waals surface area contributed by atoms with E-state index < -0.39 is 0 Å². The fourth-order valence-electron chi connectivity index (χ4n) is 3.36. The summed E-state index contributed by atoms with van der Waals surface area (Å²) in [4.78, 5) is 13.5. The summed E-state index contributed by atoms with van der Waals surface area (Å²) in [5, 5.41) is 7.41. The van der Waals surface area contributed by atoms with Gasteiger partial charge in [0.2, 0.25) is 0 Å². The maximum atomic E-state index is 13.0. The van der Waals surface area contributed by atoms with Gasteiger partial charge in [-0.1, -0.05) is 0 Å². The molecule has 0 radical (unpaired) electrons. The standard InChI is InChI=1S/C18H21FN2OS/c1-17(2)10-12-9-14(23-15(12)18(3,4)21-17)20-16(22)11-5-7-13(19)8-6-11/h5-9,21H,10H2,1-4H3,(H,20,22). The van der Waals surface area contributed by atoms with E-state index in [0.29, 0.717) is 5.56 Å². The maximum Gasteiger partial charge on any atom is 0.256 e. The van der Waals surface area contributed by atoms with Crippen LogP contribution < -0.4 is 10.6 Å². The average Bonchev–Trinajstić information content (AvgIpc) is 2.80. The molecule has 1 amide bonds. The van der Waals surface area contributed by atoms with Crippen LogP contribution in [0.15, 0.2) is 30.3 Å². The molecule has 0 spiro atoms. The second-order valence-electron chi connectivity index (χ2n) is 7.24. The molecule has 23 heavy (non-hydrogen) atoms. The van der Waals surface area contributed by atoms with Gasteiger partial charge in [-0.2, -0.15) is 0 Å². The van der Waals surface area contributed by atoms with Crippen LogP contribution in [-0.2, 0) is 12.0 Å². The number of fused-ring (bicyclic) bond motifs is 1. The minimum atomic E-state index is -0.344. The Morgan fingerprint density at radius 2 is 1.87 bits per heavy atom. The fourth-order valence-corrected chi connectivity index (χ4v) is 4.49. The Hall–Kier alpha value is -1.72. The van der Waals surface area contributed by atoms with Crippen molar-refractivity contribution in [1.82, 2.24) is 5.32 Å². The molecule has 3 rings (SSSR count). The molecule has 0 saturated carbocycles. The van der Waals surface area contributed by atoms with Crippen LogP contribution in [0.1, 0.15) is 48.5 Å². The van der Waals surface area contributed by atoms with Crippen molar-refractivity contribution in [2.75, 3.05) is 5.32 Å². The number of carbonyl (C=O) groups is 1. The van der Waals surface area contributed by atoms with E-state index in [1.807, 2.05) is 0 Å². The molecule has 0 bridgehead atoms. The first-order chi connectivity index (χ1) is 10.7. The Morgan fingerprint density at radius 1 is 1.22 bits per heavy atom. The Balaban J connectivity index is 1.85. The lowest BCUT2D eigenvalue weighted by Crippen LogP contribution is -2.54. The number of carbonyl (C=O) groups excluding carboxylic acids is 1. The molecule has 0 aliphatic carbocycles. The Bertz CT molecular complexity index is 747. The third-order valence-corrected chi connectivity index (χ3v) is 5.42. The van der Waals surface area contributed by atoms with Crippen LogP contribution in [0, 0.1) is 5.82 Å². The Labute approximate surface area is 139 Å². The van der Waals surface area contributed by atoms with Gasteiger partial charge >= 0.3 is 0 Å². The zero-order valence-corrected chi connectivity index (χ0v) is 14.6. The minimum absolute atomic E-state index is 0.0236. The van der Waals surface area contributed by atoms with E-state index in [2.05, 4.69) is 44.4 Å². The molecule has 0 fully saturated rings. The molecule has 2 heterocycles. The molecule has 1 aliphatic heterocycles. The van der Waals surface area contributed by atoms with Gasteiger partial charge in [0, 0.05) is 21.5 Å². The largest absolute Gasteiger partial charge is 0.314 e. The highest BCUT2D eigenvalue weighted by molar-refractivity contribution is 7.16. The zero-order valence-electron chi connectivity index (χ0n) is 13.8. The summed E-state index contributed by atoms with van der Waals surface area (Å²) < 4.78 is 13.0. The number of hydrogen-bond donors (Lipinski definition) is 2. The molecule has 1 aliphatic rings. The summed E-state index contributed by atoms with van der Waals surface area (Å²) >= 11 is 1.60. The maximum absolute atomic E-state index is 13.0. The predicted octanol–water partition coefficient (Wildman–Crippen LogP) is 4.30. The highest BCUT2D eigenvalue weighted by atomic mass is 32.1. The number of halogens is 1. The highest BCUT2D eigenvalue weighted by Gasteiger charge is 2.38. The molecular formula is C18H21FN2OS. The van der Waals surface area contributed by atoms with E-state index in [-0.39, 0.29) is 22.8 Å². The van der Waals surface area contributed by atoms with Crippen LogP contribution in [-0.4, -0.2) is 11.4 Å². The van der Waals surface area contributed by atoms with Crippen molar-refractivity contribution in [2.24, 2.45) is 0 Å². The lowest BCUT2D eigenvalue weighted by molar-refractivity contribution is 0.102. The molecule has 3 nitrogen and oxygen atoms in total. The van der Waals surface area contributed by atoms with Gasteiger partial charge in [0.05, 0.1) is 5.00 Å². The fraction of sp³-hybridized carbons (Fsp3) is 0.389. The number of benzene rings is 1. The molecule has 2 aromatic rings. The average molecular weight is 332 g/mol. The van der Waals surface area contributed by atoms with Crippen LogP contribution >= 0.6 is 11.3 Å². The van der Waals surface area contributed by atoms with Crippen LogP contribution in [0.4, 0.5) is 9.39 Å². The molecule has 0 atom stereocenters. The van der Waals surface area contributed by atoms with E-state index in [1.54, 1.807) is 11.3 Å². The van der Waals surface area contributed by atoms with Gasteiger partial charge in [0.15, 0.2) is 0 Å². The minimum Gasteiger partial charge on any atom is -0.314 e. The van der Waals surface area contributed by atoms with E-state index >= 15 is 0 Å². The van der Waals surface area contributed by atoms with E-state index in [0.717, 1.165) is 11.4 Å². The molecule has 1 aromatic heterocycles. The van der Waals surface area contributed by atoms with Crippen LogP contribution in [0.2, 0.25) is 0 Å². The summed E-state index contributed by atoms with van der Waals surface area (Å²) in [6, 6.07) is 7.64. The third-order valence-electron chi connectivity index (χ3n) is 4.00. The number of anilines is 1. The van der Waals surface area contributed by atoms with Crippen molar-refractivity contribution in [2.45, 2.75) is 45.2 Å². The van der Waals surface area contributed by atoms with Crippen molar-refractivity contribution in [3.63, 3.8) is 0 Å². The molecule has 0 saturated heterocycles. The smallest absolute Gasteiger partial charge is 0.256 e. The number of rotatable bonds is 2. The quantitative estimate of drug-likeness (QED) is 0.861. The normalized spacial score (nSPS) is 18.3. The third kappa shape index (κ3) is 3.31. The number of nitrogens with one attached hydrogen (secondary N) is 2. The van der Waals surface area contributed by atoms with E-state index in [1.165, 1.54) is 34.7 Å². The van der Waals surface area contributed by atoms with Gasteiger partial charge in [0.25, 0.3) is 5.91 Å². The topological polar surface area (TPSA) is 41.1 Å². The molecule has 0 unspecified atom stereocenters. The van der Waals surface area contributed by atoms with E-state index in [9.17, 15) is 9.18 Å². The first kappa shape index (κ1) is 16.1. The predicted molar refractivity (Wildman–Crippen MR) is 92.6 cm³/mol. The van der Waals surface area contributed by atoms with Crippen molar-refractivity contribution in [3.8, 4) is 0 Å². The summed E-state index contributed by atoms with van der Waals surface area (Å²) in [6.07, 6.45) is 0.925. The number of hydrogen-bond acceptors (Lipinski definition) is 3. The molecule has 122 valence electrons. The number of thiophene rings is 1. The highest BCUT2D eigenvalue weighted by Crippen LogP contribution is 2.41. The second-order valence-corrected chi connectivity index (χ2v) is 8.29. The first-order valence-corrected chi connectivity index (χ1v) is 8.47. The molecule has 5 heteroatoms. The van der Waals surface area contributed by atoms with Crippen LogP contribution in [0.3, 0.4) is 0 Å². The van der Waals surface area contributed by atoms with Crippen molar-refractivity contribution in [1.29, 1.82) is 0 Å². The van der Waals surface area contributed by atoms with Gasteiger partial charge < -0.3 is 10.6 Å². The van der Waals surface area contributed by atoms with Crippen molar-refractivity contribution >= 4 is 22.2 Å². The molecule has 1 aromatic carbocycles. The van der Waals surface area contributed by atoms with Gasteiger partial charge in [0.1, 0.15) is 5.82 Å². The van der Waals surface area contributed by atoms with Gasteiger partial charge in [-0.15, -0.1) is 11.3 Å². The summed E-state index contributed by atoms with van der Waals surface area (Å²) in [7, 11) is 0. The summed E-state index contributed by atoms with van der Waals surface area (Å²) in [6.45, 7) is 8.70. The Morgan fingerprint density at radius 3 is 2.52 bits per heavy atom. The monoisotopic (exact) mass is 332 g/mol. The molecular weight excluding hydrogens is 311 g/mol. The van der Waals surface area contributed by atoms with Gasteiger partial charge in [-0.3, -0.25) is 4.79 Å². The van der Waals surface area contributed by atoms with E-state index in [4.69, 9.17) is 0 Å². The second kappa shape index (κ2) is 5.42. The van der Waals surface area contributed by atoms with Gasteiger partial charge in [-0.25, -0.2) is 4.39 Å². The van der Waals surface area contributed by atoms with Crippen LogP contribution in [0.25, 0.3) is 0 Å². The first-order valence-electron chi connectivity index (χ1n) is 7.66. The Kier molecular flexibility index (Phi) is 3.81. The SMILES string of the molecule is CC1(C)Cc2cc(NC(=O)c3ccc(F)cc3)sc2C(C)(C)N1. The molecule has 2 N–H and O–H groups in total. The summed E-state index contributed by atoms with van der Waals surface area (Å²) in [5.74, 6) is -0.559.